The van der Waals surface area contributed by atoms with Gasteiger partial charge in [-0.1, -0.05) is 18.2 Å². The molecular formula is C19H18N2O4. The molecule has 0 bridgehead atoms. The fourth-order valence-electron chi connectivity index (χ4n) is 2.60. The van der Waals surface area contributed by atoms with Crippen molar-refractivity contribution in [2.24, 2.45) is 0 Å². The fourth-order valence-corrected chi connectivity index (χ4v) is 2.60. The molecule has 3 rings (SSSR count). The van der Waals surface area contributed by atoms with E-state index in [0.29, 0.717) is 28.5 Å². The lowest BCUT2D eigenvalue weighted by molar-refractivity contribution is 0.102. The Bertz CT molecular complexity index is 919. The van der Waals surface area contributed by atoms with Crippen LogP contribution in [0.5, 0.6) is 17.2 Å². The first-order chi connectivity index (χ1) is 12.2. The van der Waals surface area contributed by atoms with E-state index < -0.39 is 0 Å². The number of hydrogen-bond acceptors (Lipinski definition) is 5. The molecule has 1 heterocycles. The zero-order chi connectivity index (χ0) is 17.8. The van der Waals surface area contributed by atoms with E-state index in [2.05, 4.69) is 10.3 Å². The topological polar surface area (TPSA) is 69.7 Å². The molecule has 0 spiro atoms. The molecule has 0 aliphatic carbocycles. The summed E-state index contributed by atoms with van der Waals surface area (Å²) in [5.41, 5.74) is 1.69. The van der Waals surface area contributed by atoms with Crippen LogP contribution in [0.25, 0.3) is 10.9 Å². The van der Waals surface area contributed by atoms with Crippen LogP contribution in [0.15, 0.2) is 48.7 Å². The van der Waals surface area contributed by atoms with Crippen molar-refractivity contribution in [2.45, 2.75) is 0 Å². The number of para-hydroxylation sites is 1. The second kappa shape index (κ2) is 7.09. The minimum absolute atomic E-state index is 0.323. The summed E-state index contributed by atoms with van der Waals surface area (Å²) in [4.78, 5) is 17.1. The molecule has 0 saturated heterocycles. The summed E-state index contributed by atoms with van der Waals surface area (Å²) in [6.45, 7) is 0. The van der Waals surface area contributed by atoms with Gasteiger partial charge in [-0.15, -0.1) is 0 Å². The van der Waals surface area contributed by atoms with Gasteiger partial charge < -0.3 is 19.5 Å². The average Bonchev–Trinajstić information content (AvgIpc) is 2.67. The van der Waals surface area contributed by atoms with Gasteiger partial charge in [0.25, 0.3) is 5.91 Å². The van der Waals surface area contributed by atoms with Crippen molar-refractivity contribution in [1.82, 2.24) is 4.98 Å². The number of carbonyl (C=O) groups is 1. The third-order valence-electron chi connectivity index (χ3n) is 3.83. The number of rotatable bonds is 5. The van der Waals surface area contributed by atoms with Crippen LogP contribution in [0.1, 0.15) is 10.4 Å². The smallest absolute Gasteiger partial charge is 0.259 e. The highest BCUT2D eigenvalue weighted by Gasteiger charge is 2.18. The molecule has 0 unspecified atom stereocenters. The minimum atomic E-state index is -0.323. The molecule has 1 N–H and O–H groups in total. The number of pyridine rings is 1. The van der Waals surface area contributed by atoms with Gasteiger partial charge >= 0.3 is 0 Å². The molecule has 0 saturated carbocycles. The van der Waals surface area contributed by atoms with Crippen molar-refractivity contribution in [3.63, 3.8) is 0 Å². The van der Waals surface area contributed by atoms with Crippen LogP contribution < -0.4 is 19.5 Å². The van der Waals surface area contributed by atoms with Crippen LogP contribution in [-0.2, 0) is 0 Å². The number of fused-ring (bicyclic) bond motifs is 1. The summed E-state index contributed by atoms with van der Waals surface area (Å²) < 4.78 is 15.8. The molecule has 6 nitrogen and oxygen atoms in total. The van der Waals surface area contributed by atoms with E-state index in [0.717, 1.165) is 10.9 Å². The van der Waals surface area contributed by atoms with Crippen molar-refractivity contribution in [1.29, 1.82) is 0 Å². The number of amides is 1. The summed E-state index contributed by atoms with van der Waals surface area (Å²) >= 11 is 0. The van der Waals surface area contributed by atoms with Gasteiger partial charge in [-0.2, -0.15) is 0 Å². The summed E-state index contributed by atoms with van der Waals surface area (Å²) in [6, 6.07) is 12.6. The molecule has 3 aromatic rings. The maximum absolute atomic E-state index is 12.8. The highest BCUT2D eigenvalue weighted by atomic mass is 16.5. The summed E-state index contributed by atoms with van der Waals surface area (Å²) in [5.74, 6) is 1.01. The number of carbonyl (C=O) groups excluding carboxylic acids is 1. The maximum Gasteiger partial charge on any atom is 0.259 e. The molecule has 0 aliphatic heterocycles. The van der Waals surface area contributed by atoms with Gasteiger partial charge in [-0.25, -0.2) is 0 Å². The predicted molar refractivity (Wildman–Crippen MR) is 95.8 cm³/mol. The fraction of sp³-hybridized carbons (Fsp3) is 0.158. The highest BCUT2D eigenvalue weighted by molar-refractivity contribution is 6.10. The van der Waals surface area contributed by atoms with Crippen LogP contribution in [-0.4, -0.2) is 32.2 Å². The van der Waals surface area contributed by atoms with E-state index in [1.807, 2.05) is 24.3 Å². The predicted octanol–water partition coefficient (Wildman–Crippen LogP) is 3.51. The van der Waals surface area contributed by atoms with Gasteiger partial charge in [0.15, 0.2) is 11.5 Å². The summed E-state index contributed by atoms with van der Waals surface area (Å²) in [7, 11) is 4.54. The number of nitrogens with zero attached hydrogens (tertiary/aromatic N) is 1. The molecule has 6 heteroatoms. The third-order valence-corrected chi connectivity index (χ3v) is 3.83. The first-order valence-electron chi connectivity index (χ1n) is 7.63. The Morgan fingerprint density at radius 1 is 0.920 bits per heavy atom. The van der Waals surface area contributed by atoms with Crippen molar-refractivity contribution in [3.05, 3.63) is 54.2 Å². The van der Waals surface area contributed by atoms with E-state index in [9.17, 15) is 4.79 Å². The zero-order valence-electron chi connectivity index (χ0n) is 14.2. The Hall–Kier alpha value is -3.28. The second-order valence-corrected chi connectivity index (χ2v) is 5.24. The number of ether oxygens (including phenoxy) is 3. The SMILES string of the molecule is COc1cc(OC)c(C(=O)Nc2cccc3cccnc23)cc1OC. The van der Waals surface area contributed by atoms with Crippen LogP contribution in [0.2, 0.25) is 0 Å². The third kappa shape index (κ3) is 3.19. The van der Waals surface area contributed by atoms with Crippen LogP contribution in [0.3, 0.4) is 0 Å². The van der Waals surface area contributed by atoms with Gasteiger partial charge in [0.05, 0.1) is 38.1 Å². The molecule has 2 aromatic carbocycles. The first-order valence-corrected chi connectivity index (χ1v) is 7.63. The normalized spacial score (nSPS) is 10.4. The number of benzene rings is 2. The lowest BCUT2D eigenvalue weighted by Crippen LogP contribution is -2.14. The number of methoxy groups -OCH3 is 3. The second-order valence-electron chi connectivity index (χ2n) is 5.24. The van der Waals surface area contributed by atoms with E-state index >= 15 is 0 Å². The molecule has 0 radical (unpaired) electrons. The number of nitrogens with one attached hydrogen (secondary N) is 1. The Balaban J connectivity index is 2.00. The average molecular weight is 338 g/mol. The van der Waals surface area contributed by atoms with Crippen LogP contribution in [0.4, 0.5) is 5.69 Å². The Morgan fingerprint density at radius 3 is 2.32 bits per heavy atom. The van der Waals surface area contributed by atoms with E-state index in [4.69, 9.17) is 14.2 Å². The minimum Gasteiger partial charge on any atom is -0.496 e. The van der Waals surface area contributed by atoms with Gasteiger partial charge in [-0.05, 0) is 12.1 Å². The number of hydrogen-bond donors (Lipinski definition) is 1. The van der Waals surface area contributed by atoms with Crippen LogP contribution >= 0.6 is 0 Å². The molecule has 0 aliphatic rings. The van der Waals surface area contributed by atoms with Gasteiger partial charge in [-0.3, -0.25) is 9.78 Å². The number of aromatic nitrogens is 1. The van der Waals surface area contributed by atoms with E-state index in [1.54, 1.807) is 24.4 Å². The highest BCUT2D eigenvalue weighted by Crippen LogP contribution is 2.35. The lowest BCUT2D eigenvalue weighted by atomic mass is 10.1. The Labute approximate surface area is 145 Å². The van der Waals surface area contributed by atoms with Crippen LogP contribution in [0, 0.1) is 0 Å². The molecule has 1 amide bonds. The van der Waals surface area contributed by atoms with Gasteiger partial charge in [0, 0.05) is 23.7 Å². The van der Waals surface area contributed by atoms with Crippen molar-refractivity contribution >= 4 is 22.5 Å². The lowest BCUT2D eigenvalue weighted by Gasteiger charge is -2.14. The largest absolute Gasteiger partial charge is 0.496 e. The standard InChI is InChI=1S/C19H18N2O4/c1-23-15-11-17(25-3)16(24-2)10-13(15)19(22)21-14-8-4-6-12-7-5-9-20-18(12)14/h4-11H,1-3H3,(H,21,22). The Kier molecular flexibility index (Phi) is 4.70. The number of anilines is 1. The molecule has 25 heavy (non-hydrogen) atoms. The summed E-state index contributed by atoms with van der Waals surface area (Å²) in [6.07, 6.45) is 1.69. The van der Waals surface area contributed by atoms with Gasteiger partial charge in [0.1, 0.15) is 5.75 Å². The molecule has 1 aromatic heterocycles. The maximum atomic E-state index is 12.8. The van der Waals surface area contributed by atoms with Crippen molar-refractivity contribution in [2.75, 3.05) is 26.6 Å². The molecule has 128 valence electrons. The molecule has 0 fully saturated rings. The zero-order valence-corrected chi connectivity index (χ0v) is 14.2. The monoisotopic (exact) mass is 338 g/mol. The Morgan fingerprint density at radius 2 is 1.60 bits per heavy atom. The summed E-state index contributed by atoms with van der Waals surface area (Å²) in [5, 5.41) is 3.83. The van der Waals surface area contributed by atoms with Gasteiger partial charge in [0.2, 0.25) is 0 Å². The van der Waals surface area contributed by atoms with Crippen molar-refractivity contribution < 1.29 is 19.0 Å². The van der Waals surface area contributed by atoms with E-state index in [-0.39, 0.29) is 5.91 Å². The van der Waals surface area contributed by atoms with Crippen molar-refractivity contribution in [3.8, 4) is 17.2 Å². The first kappa shape index (κ1) is 16.6. The van der Waals surface area contributed by atoms with E-state index in [1.165, 1.54) is 21.3 Å². The molecule has 0 atom stereocenters. The quantitative estimate of drug-likeness (QED) is 0.771. The molecular weight excluding hydrogens is 320 g/mol.